The van der Waals surface area contributed by atoms with Crippen LogP contribution in [-0.2, 0) is 14.3 Å². The van der Waals surface area contributed by atoms with Gasteiger partial charge in [-0.25, -0.2) is 9.78 Å². The number of carbonyl (C=O) groups excluding carboxylic acids is 2. The molecule has 2 aliphatic rings. The van der Waals surface area contributed by atoms with Gasteiger partial charge < -0.3 is 24.7 Å². The number of aromatic amines is 1. The Kier molecular flexibility index (Phi) is 6.07. The molecule has 0 bridgehead atoms. The molecule has 1 aromatic carbocycles. The van der Waals surface area contributed by atoms with E-state index in [1.165, 1.54) is 14.2 Å². The van der Waals surface area contributed by atoms with E-state index in [0.29, 0.717) is 6.54 Å². The van der Waals surface area contributed by atoms with Gasteiger partial charge in [-0.05, 0) is 49.3 Å². The molecule has 1 spiro atoms. The van der Waals surface area contributed by atoms with E-state index in [4.69, 9.17) is 9.47 Å². The lowest BCUT2D eigenvalue weighted by Gasteiger charge is -2.30. The third-order valence-corrected chi connectivity index (χ3v) is 6.91. The molecule has 2 aromatic rings. The van der Waals surface area contributed by atoms with Crippen LogP contribution in [0, 0.1) is 5.41 Å². The highest BCUT2D eigenvalue weighted by molar-refractivity contribution is 9.10. The van der Waals surface area contributed by atoms with E-state index in [1.54, 1.807) is 13.1 Å². The van der Waals surface area contributed by atoms with E-state index in [9.17, 15) is 9.59 Å². The number of rotatable bonds is 6. The summed E-state index contributed by atoms with van der Waals surface area (Å²) in [6.07, 6.45) is 3.71. The van der Waals surface area contributed by atoms with Crippen LogP contribution in [0.5, 0.6) is 0 Å². The zero-order valence-electron chi connectivity index (χ0n) is 17.9. The monoisotopic (exact) mass is 490 g/mol. The van der Waals surface area contributed by atoms with Crippen molar-refractivity contribution in [2.45, 2.75) is 44.4 Å². The van der Waals surface area contributed by atoms with Gasteiger partial charge in [0.15, 0.2) is 0 Å². The maximum Gasteiger partial charge on any atom is 0.407 e. The predicted octanol–water partition coefficient (Wildman–Crippen LogP) is 3.65. The molecule has 1 aliphatic heterocycles. The topological polar surface area (TPSA) is 96.5 Å². The van der Waals surface area contributed by atoms with Gasteiger partial charge in [0.1, 0.15) is 11.9 Å². The van der Waals surface area contributed by atoms with Crippen LogP contribution < -0.4 is 5.32 Å². The molecule has 4 rings (SSSR count). The van der Waals surface area contributed by atoms with Gasteiger partial charge in [-0.3, -0.25) is 4.79 Å². The van der Waals surface area contributed by atoms with Gasteiger partial charge in [-0.2, -0.15) is 0 Å². The molecule has 1 aliphatic carbocycles. The molecule has 9 heteroatoms. The summed E-state index contributed by atoms with van der Waals surface area (Å²) in [5.74, 6) is 0.576. The number of nitrogens with zero attached hydrogens (tertiary/aromatic N) is 2. The van der Waals surface area contributed by atoms with E-state index in [1.807, 2.05) is 29.2 Å². The molecule has 8 nitrogen and oxygen atoms in total. The summed E-state index contributed by atoms with van der Waals surface area (Å²) in [5.41, 5.74) is 2.08. The Balaban J connectivity index is 1.60. The Labute approximate surface area is 189 Å². The standard InChI is InChI=1S/C22H27BrN4O4/c1-13(30-2)18(26-21(29)31-3)20(28)27-12-22(8-9-22)10-17(27)19-24-11-16(25-19)14-4-6-15(23)7-5-14/h4-7,11,13,17-18H,8-10,12H2,1-3H3,(H,24,25)(H,26,29)/t13-,17+,18+/m1/s1. The fourth-order valence-electron chi connectivity index (χ4n) is 4.23. The minimum absolute atomic E-state index is 0.150. The van der Waals surface area contributed by atoms with E-state index < -0.39 is 18.2 Å². The summed E-state index contributed by atoms with van der Waals surface area (Å²) >= 11 is 3.45. The van der Waals surface area contributed by atoms with Gasteiger partial charge in [0.05, 0.1) is 31.1 Å². The van der Waals surface area contributed by atoms with Crippen LogP contribution >= 0.6 is 15.9 Å². The highest BCUT2D eigenvalue weighted by atomic mass is 79.9. The summed E-state index contributed by atoms with van der Waals surface area (Å²) in [6.45, 7) is 2.41. The molecule has 166 valence electrons. The molecule has 0 unspecified atom stereocenters. The van der Waals surface area contributed by atoms with Gasteiger partial charge in [-0.15, -0.1) is 0 Å². The number of alkyl carbamates (subject to hydrolysis) is 1. The summed E-state index contributed by atoms with van der Waals surface area (Å²) in [5, 5.41) is 2.64. The third kappa shape index (κ3) is 4.48. The fourth-order valence-corrected chi connectivity index (χ4v) is 4.50. The first-order valence-corrected chi connectivity index (χ1v) is 11.1. The zero-order valence-corrected chi connectivity index (χ0v) is 19.4. The molecule has 1 aromatic heterocycles. The van der Waals surface area contributed by atoms with Gasteiger partial charge in [-0.1, -0.05) is 28.1 Å². The summed E-state index contributed by atoms with van der Waals surface area (Å²) in [7, 11) is 2.80. The largest absolute Gasteiger partial charge is 0.453 e. The second-order valence-corrected chi connectivity index (χ2v) is 9.35. The van der Waals surface area contributed by atoms with E-state index >= 15 is 0 Å². The molecular weight excluding hydrogens is 464 g/mol. The second kappa shape index (κ2) is 8.63. The van der Waals surface area contributed by atoms with E-state index in [-0.39, 0.29) is 17.4 Å². The fraction of sp³-hybridized carbons (Fsp3) is 0.500. The van der Waals surface area contributed by atoms with Crippen molar-refractivity contribution >= 4 is 27.9 Å². The van der Waals surface area contributed by atoms with Crippen LogP contribution in [0.2, 0.25) is 0 Å². The van der Waals surface area contributed by atoms with E-state index in [0.717, 1.165) is 40.8 Å². The van der Waals surface area contributed by atoms with Crippen LogP contribution in [0.3, 0.4) is 0 Å². The number of halogens is 1. The van der Waals surface area contributed by atoms with Gasteiger partial charge in [0, 0.05) is 18.1 Å². The van der Waals surface area contributed by atoms with Crippen molar-refractivity contribution in [3.63, 3.8) is 0 Å². The third-order valence-electron chi connectivity index (χ3n) is 6.38. The number of aromatic nitrogens is 2. The predicted molar refractivity (Wildman–Crippen MR) is 118 cm³/mol. The number of H-pyrrole nitrogens is 1. The molecule has 1 saturated heterocycles. The Morgan fingerprint density at radius 3 is 2.61 bits per heavy atom. The number of nitrogens with one attached hydrogen (secondary N) is 2. The molecule has 2 N–H and O–H groups in total. The number of hydrogen-bond acceptors (Lipinski definition) is 5. The van der Waals surface area contributed by atoms with Crippen molar-refractivity contribution in [1.82, 2.24) is 20.2 Å². The highest BCUT2D eigenvalue weighted by Crippen LogP contribution is 2.58. The Hall–Kier alpha value is -2.39. The number of benzene rings is 1. The Morgan fingerprint density at radius 2 is 2.00 bits per heavy atom. The number of methoxy groups -OCH3 is 2. The van der Waals surface area contributed by atoms with Crippen molar-refractivity contribution in [1.29, 1.82) is 0 Å². The lowest BCUT2D eigenvalue weighted by molar-refractivity contribution is -0.137. The first-order valence-electron chi connectivity index (χ1n) is 10.3. The number of imidazole rings is 1. The van der Waals surface area contributed by atoms with Gasteiger partial charge in [0.2, 0.25) is 5.91 Å². The van der Waals surface area contributed by atoms with E-state index in [2.05, 4.69) is 31.2 Å². The van der Waals surface area contributed by atoms with Crippen molar-refractivity contribution in [2.24, 2.45) is 5.41 Å². The minimum atomic E-state index is -0.838. The molecule has 1 saturated carbocycles. The first kappa shape index (κ1) is 21.8. The number of hydrogen-bond donors (Lipinski definition) is 2. The molecule has 31 heavy (non-hydrogen) atoms. The summed E-state index contributed by atoms with van der Waals surface area (Å²) in [4.78, 5) is 35.3. The van der Waals surface area contributed by atoms with Crippen LogP contribution in [0.15, 0.2) is 34.9 Å². The Bertz CT molecular complexity index is 957. The average molecular weight is 491 g/mol. The summed E-state index contributed by atoms with van der Waals surface area (Å²) in [6, 6.07) is 6.97. The number of amides is 2. The minimum Gasteiger partial charge on any atom is -0.453 e. The molecule has 0 radical (unpaired) electrons. The molecular formula is C22H27BrN4O4. The second-order valence-electron chi connectivity index (χ2n) is 8.43. The van der Waals surface area contributed by atoms with Gasteiger partial charge in [0.25, 0.3) is 0 Å². The lowest BCUT2D eigenvalue weighted by atomic mass is 10.0. The summed E-state index contributed by atoms with van der Waals surface area (Å²) < 4.78 is 11.1. The highest BCUT2D eigenvalue weighted by Gasteiger charge is 2.55. The van der Waals surface area contributed by atoms with Crippen LogP contribution in [0.1, 0.15) is 38.1 Å². The normalized spacial score (nSPS) is 21.0. The Morgan fingerprint density at radius 1 is 1.29 bits per heavy atom. The maximum absolute atomic E-state index is 13.5. The van der Waals surface area contributed by atoms with Crippen molar-refractivity contribution in [2.75, 3.05) is 20.8 Å². The number of ether oxygens (including phenoxy) is 2. The maximum atomic E-state index is 13.5. The van der Waals surface area contributed by atoms with Crippen molar-refractivity contribution in [3.8, 4) is 11.3 Å². The first-order chi connectivity index (χ1) is 14.9. The number of carbonyl (C=O) groups is 2. The van der Waals surface area contributed by atoms with Crippen LogP contribution in [-0.4, -0.2) is 59.8 Å². The van der Waals surface area contributed by atoms with Gasteiger partial charge >= 0.3 is 6.09 Å². The van der Waals surface area contributed by atoms with Crippen molar-refractivity contribution in [3.05, 3.63) is 40.8 Å². The quantitative estimate of drug-likeness (QED) is 0.643. The van der Waals surface area contributed by atoms with Crippen molar-refractivity contribution < 1.29 is 19.1 Å². The SMILES string of the molecule is COC(=O)N[C@H](C(=O)N1CC2(CC2)C[C@H]1c1ncc(-c2ccc(Br)cc2)[nH]1)[C@@H](C)OC. The zero-order chi connectivity index (χ0) is 22.2. The molecule has 2 fully saturated rings. The molecule has 2 heterocycles. The smallest absolute Gasteiger partial charge is 0.407 e. The number of likely N-dealkylation sites (tertiary alicyclic amines) is 1. The van der Waals surface area contributed by atoms with Crippen LogP contribution in [0.25, 0.3) is 11.3 Å². The average Bonchev–Trinajstić information content (AvgIpc) is 3.18. The van der Waals surface area contributed by atoms with Crippen LogP contribution in [0.4, 0.5) is 4.79 Å². The molecule has 2 amide bonds. The lowest BCUT2D eigenvalue weighted by Crippen LogP contribution is -2.54. The molecule has 3 atom stereocenters.